The molecule has 3 nitrogen and oxygen atoms in total. The van der Waals surface area contributed by atoms with Crippen LogP contribution < -0.4 is 0 Å². The van der Waals surface area contributed by atoms with Crippen LogP contribution in [0, 0.1) is 13.8 Å². The SMILES string of the molecule is Cc1ncc(-c2ccccc2O)c(C)n1. The first kappa shape index (κ1) is 9.65. The van der Waals surface area contributed by atoms with Gasteiger partial charge in [0.05, 0.1) is 0 Å². The zero-order valence-electron chi connectivity index (χ0n) is 8.73. The van der Waals surface area contributed by atoms with Gasteiger partial charge in [-0.15, -0.1) is 0 Å². The standard InChI is InChI=1S/C12H12N2O/c1-8-11(7-13-9(2)14-8)10-5-3-4-6-12(10)15/h3-7,15H,1-2H3. The minimum Gasteiger partial charge on any atom is -0.507 e. The third-order valence-corrected chi connectivity index (χ3v) is 2.29. The lowest BCUT2D eigenvalue weighted by Crippen LogP contribution is -1.93. The van der Waals surface area contributed by atoms with Crippen molar-refractivity contribution in [1.82, 2.24) is 9.97 Å². The Morgan fingerprint density at radius 2 is 1.80 bits per heavy atom. The van der Waals surface area contributed by atoms with Crippen LogP contribution in [0.2, 0.25) is 0 Å². The lowest BCUT2D eigenvalue weighted by atomic mass is 10.1. The number of aromatic hydroxyl groups is 1. The van der Waals surface area contributed by atoms with Gasteiger partial charge in [-0.3, -0.25) is 0 Å². The zero-order chi connectivity index (χ0) is 10.8. The summed E-state index contributed by atoms with van der Waals surface area (Å²) in [5.41, 5.74) is 2.53. The molecule has 1 heterocycles. The molecule has 0 bridgehead atoms. The number of rotatable bonds is 1. The van der Waals surface area contributed by atoms with Crippen molar-refractivity contribution in [2.75, 3.05) is 0 Å². The van der Waals surface area contributed by atoms with Crippen molar-refractivity contribution < 1.29 is 5.11 Å². The topological polar surface area (TPSA) is 46.0 Å². The fourth-order valence-electron chi connectivity index (χ4n) is 1.55. The number of hydrogen-bond acceptors (Lipinski definition) is 3. The van der Waals surface area contributed by atoms with Gasteiger partial charge in [-0.05, 0) is 19.9 Å². The summed E-state index contributed by atoms with van der Waals surface area (Å²) < 4.78 is 0. The molecule has 0 saturated carbocycles. The molecule has 2 aromatic rings. The fraction of sp³-hybridized carbons (Fsp3) is 0.167. The quantitative estimate of drug-likeness (QED) is 0.769. The van der Waals surface area contributed by atoms with E-state index in [1.165, 1.54) is 0 Å². The van der Waals surface area contributed by atoms with E-state index in [4.69, 9.17) is 0 Å². The Balaban J connectivity index is 2.60. The molecule has 3 heteroatoms. The predicted molar refractivity (Wildman–Crippen MR) is 58.6 cm³/mol. The molecule has 2 rings (SSSR count). The highest BCUT2D eigenvalue weighted by Gasteiger charge is 2.07. The molecule has 0 spiro atoms. The van der Waals surface area contributed by atoms with Crippen LogP contribution in [0.4, 0.5) is 0 Å². The predicted octanol–water partition coefficient (Wildman–Crippen LogP) is 2.47. The van der Waals surface area contributed by atoms with Gasteiger partial charge < -0.3 is 5.11 Å². The number of benzene rings is 1. The summed E-state index contributed by atoms with van der Waals surface area (Å²) in [5.74, 6) is 1.000. The molecule has 0 amide bonds. The lowest BCUT2D eigenvalue weighted by molar-refractivity contribution is 0.477. The highest BCUT2D eigenvalue weighted by atomic mass is 16.3. The Morgan fingerprint density at radius 3 is 2.47 bits per heavy atom. The summed E-state index contributed by atoms with van der Waals surface area (Å²) >= 11 is 0. The smallest absolute Gasteiger partial charge is 0.125 e. The fourth-order valence-corrected chi connectivity index (χ4v) is 1.55. The minimum atomic E-state index is 0.257. The molecule has 76 valence electrons. The van der Waals surface area contributed by atoms with Crippen molar-refractivity contribution >= 4 is 0 Å². The average Bonchev–Trinajstić information content (AvgIpc) is 2.20. The van der Waals surface area contributed by atoms with Crippen LogP contribution in [0.15, 0.2) is 30.5 Å². The Hall–Kier alpha value is -1.90. The molecule has 1 N–H and O–H groups in total. The summed E-state index contributed by atoms with van der Waals surface area (Å²) in [6, 6.07) is 7.20. The third kappa shape index (κ3) is 1.81. The van der Waals surface area contributed by atoms with Crippen LogP contribution >= 0.6 is 0 Å². The van der Waals surface area contributed by atoms with Gasteiger partial charge in [-0.1, -0.05) is 18.2 Å². The molecule has 0 radical (unpaired) electrons. The van der Waals surface area contributed by atoms with Crippen molar-refractivity contribution in [1.29, 1.82) is 0 Å². The number of aryl methyl sites for hydroxylation is 2. The summed E-state index contributed by atoms with van der Waals surface area (Å²) in [4.78, 5) is 8.40. The van der Waals surface area contributed by atoms with Crippen LogP contribution in [-0.2, 0) is 0 Å². The molecule has 0 saturated heterocycles. The molecular weight excluding hydrogens is 188 g/mol. The van der Waals surface area contributed by atoms with E-state index in [-0.39, 0.29) is 5.75 Å². The first-order valence-corrected chi connectivity index (χ1v) is 4.77. The number of para-hydroxylation sites is 1. The van der Waals surface area contributed by atoms with E-state index in [9.17, 15) is 5.11 Å². The first-order chi connectivity index (χ1) is 7.18. The van der Waals surface area contributed by atoms with Crippen LogP contribution in [0.1, 0.15) is 11.5 Å². The summed E-state index contributed by atoms with van der Waals surface area (Å²) in [6.07, 6.45) is 1.74. The maximum atomic E-state index is 9.70. The number of phenolic OH excluding ortho intramolecular Hbond substituents is 1. The summed E-state index contributed by atoms with van der Waals surface area (Å²) in [6.45, 7) is 3.76. The molecule has 0 aliphatic rings. The molecule has 0 aliphatic heterocycles. The van der Waals surface area contributed by atoms with E-state index in [2.05, 4.69) is 9.97 Å². The summed E-state index contributed by atoms with van der Waals surface area (Å²) in [5, 5.41) is 9.70. The van der Waals surface area contributed by atoms with Gasteiger partial charge in [0.15, 0.2) is 0 Å². The number of hydrogen-bond donors (Lipinski definition) is 1. The van der Waals surface area contributed by atoms with E-state index < -0.39 is 0 Å². The first-order valence-electron chi connectivity index (χ1n) is 4.77. The van der Waals surface area contributed by atoms with Crippen molar-refractivity contribution in [3.63, 3.8) is 0 Å². The van der Waals surface area contributed by atoms with Gasteiger partial charge in [-0.2, -0.15) is 0 Å². The molecule has 1 aromatic carbocycles. The second-order valence-electron chi connectivity index (χ2n) is 3.43. The van der Waals surface area contributed by atoms with Crippen molar-refractivity contribution in [2.24, 2.45) is 0 Å². The zero-order valence-corrected chi connectivity index (χ0v) is 8.73. The number of aromatic nitrogens is 2. The van der Waals surface area contributed by atoms with E-state index in [0.29, 0.717) is 0 Å². The van der Waals surface area contributed by atoms with Gasteiger partial charge in [0.1, 0.15) is 11.6 Å². The van der Waals surface area contributed by atoms with E-state index in [1.807, 2.05) is 26.0 Å². The molecule has 0 aliphatic carbocycles. The van der Waals surface area contributed by atoms with Crippen LogP contribution in [0.25, 0.3) is 11.1 Å². The van der Waals surface area contributed by atoms with Crippen LogP contribution in [0.5, 0.6) is 5.75 Å². The summed E-state index contributed by atoms with van der Waals surface area (Å²) in [7, 11) is 0. The van der Waals surface area contributed by atoms with Crippen molar-refractivity contribution in [3.05, 3.63) is 42.0 Å². The Bertz CT molecular complexity index is 495. The number of phenols is 1. The van der Waals surface area contributed by atoms with Gasteiger partial charge in [0.25, 0.3) is 0 Å². The maximum absolute atomic E-state index is 9.70. The highest BCUT2D eigenvalue weighted by Crippen LogP contribution is 2.29. The van der Waals surface area contributed by atoms with E-state index in [1.54, 1.807) is 18.3 Å². The van der Waals surface area contributed by atoms with E-state index >= 15 is 0 Å². The number of nitrogens with zero attached hydrogens (tertiary/aromatic N) is 2. The molecule has 0 fully saturated rings. The van der Waals surface area contributed by atoms with Crippen molar-refractivity contribution in [3.8, 4) is 16.9 Å². The Labute approximate surface area is 88.5 Å². The van der Waals surface area contributed by atoms with Gasteiger partial charge in [0.2, 0.25) is 0 Å². The van der Waals surface area contributed by atoms with Gasteiger partial charge in [0, 0.05) is 23.0 Å². The van der Waals surface area contributed by atoms with E-state index in [0.717, 1.165) is 22.6 Å². The second kappa shape index (κ2) is 3.69. The highest BCUT2D eigenvalue weighted by molar-refractivity contribution is 5.70. The normalized spacial score (nSPS) is 10.3. The van der Waals surface area contributed by atoms with Crippen LogP contribution in [0.3, 0.4) is 0 Å². The second-order valence-corrected chi connectivity index (χ2v) is 3.43. The largest absolute Gasteiger partial charge is 0.507 e. The maximum Gasteiger partial charge on any atom is 0.125 e. The third-order valence-electron chi connectivity index (χ3n) is 2.29. The average molecular weight is 200 g/mol. The molecular formula is C12H12N2O. The Kier molecular flexibility index (Phi) is 2.37. The lowest BCUT2D eigenvalue weighted by Gasteiger charge is -2.06. The van der Waals surface area contributed by atoms with Gasteiger partial charge in [-0.25, -0.2) is 9.97 Å². The minimum absolute atomic E-state index is 0.257. The molecule has 0 unspecified atom stereocenters. The van der Waals surface area contributed by atoms with Crippen LogP contribution in [-0.4, -0.2) is 15.1 Å². The Morgan fingerprint density at radius 1 is 1.07 bits per heavy atom. The van der Waals surface area contributed by atoms with Crippen molar-refractivity contribution in [2.45, 2.75) is 13.8 Å². The molecule has 0 atom stereocenters. The monoisotopic (exact) mass is 200 g/mol. The molecule has 1 aromatic heterocycles. The van der Waals surface area contributed by atoms with Gasteiger partial charge >= 0.3 is 0 Å². The molecule has 15 heavy (non-hydrogen) atoms.